The van der Waals surface area contributed by atoms with E-state index in [9.17, 15) is 0 Å². The third-order valence-corrected chi connectivity index (χ3v) is 5.11. The van der Waals surface area contributed by atoms with Crippen molar-refractivity contribution in [1.29, 1.82) is 0 Å². The van der Waals surface area contributed by atoms with Gasteiger partial charge in [0.15, 0.2) is 0 Å². The van der Waals surface area contributed by atoms with Crippen LogP contribution in [-0.4, -0.2) is 21.5 Å². The Morgan fingerprint density at radius 2 is 1.81 bits per heavy atom. The fraction of sp³-hybridized carbons (Fsp3) is 0.182. The lowest BCUT2D eigenvalue weighted by molar-refractivity contribution is 0.720. The van der Waals surface area contributed by atoms with E-state index in [2.05, 4.69) is 61.6 Å². The summed E-state index contributed by atoms with van der Waals surface area (Å²) in [5, 5.41) is 3.34. The number of hydrogen-bond donors (Lipinski definition) is 2. The summed E-state index contributed by atoms with van der Waals surface area (Å²) in [4.78, 5) is 14.9. The fourth-order valence-corrected chi connectivity index (χ4v) is 3.62. The number of anilines is 2. The molecule has 5 rings (SSSR count). The Labute approximate surface area is 158 Å². The first-order valence-corrected chi connectivity index (χ1v) is 9.30. The van der Waals surface area contributed by atoms with E-state index in [1.54, 1.807) is 0 Å². The molecule has 2 aromatic heterocycles. The second kappa shape index (κ2) is 6.76. The molecule has 2 aromatic carbocycles. The fourth-order valence-electron chi connectivity index (χ4n) is 3.62. The SMILES string of the molecule is c1ccc2c(c1)CCN(c1ccc(CNc3nc4ccccc4[nH]3)cn1)C2. The standard InChI is InChI=1S/C22H21N5/c1-2-6-18-15-27(12-11-17(18)5-1)21-10-9-16(13-23-21)14-24-22-25-19-7-3-4-8-20(19)26-22/h1-10,13H,11-12,14-15H2,(H2,24,25,26). The van der Waals surface area contributed by atoms with Crippen molar-refractivity contribution in [3.05, 3.63) is 83.6 Å². The summed E-state index contributed by atoms with van der Waals surface area (Å²) < 4.78 is 0. The van der Waals surface area contributed by atoms with Crippen LogP contribution in [0.15, 0.2) is 66.9 Å². The number of hydrogen-bond acceptors (Lipinski definition) is 4. The third-order valence-electron chi connectivity index (χ3n) is 5.11. The average molecular weight is 355 g/mol. The van der Waals surface area contributed by atoms with E-state index in [0.29, 0.717) is 6.54 Å². The molecule has 0 bridgehead atoms. The number of imidazole rings is 1. The Balaban J connectivity index is 1.25. The van der Waals surface area contributed by atoms with E-state index in [4.69, 9.17) is 0 Å². The number of aromatic amines is 1. The molecule has 2 N–H and O–H groups in total. The minimum absolute atomic E-state index is 0.690. The van der Waals surface area contributed by atoms with Crippen molar-refractivity contribution in [3.8, 4) is 0 Å². The van der Waals surface area contributed by atoms with Gasteiger partial charge in [-0.05, 0) is 41.3 Å². The molecule has 0 spiro atoms. The van der Waals surface area contributed by atoms with Crippen LogP contribution in [0.25, 0.3) is 11.0 Å². The highest BCUT2D eigenvalue weighted by Gasteiger charge is 2.16. The van der Waals surface area contributed by atoms with E-state index >= 15 is 0 Å². The topological polar surface area (TPSA) is 56.8 Å². The number of pyridine rings is 1. The van der Waals surface area contributed by atoms with Crippen LogP contribution < -0.4 is 10.2 Å². The van der Waals surface area contributed by atoms with Gasteiger partial charge in [-0.1, -0.05) is 42.5 Å². The Kier molecular flexibility index (Phi) is 3.98. The van der Waals surface area contributed by atoms with Crippen LogP contribution in [0.1, 0.15) is 16.7 Å². The average Bonchev–Trinajstić information content (AvgIpc) is 3.15. The first-order chi connectivity index (χ1) is 13.3. The lowest BCUT2D eigenvalue weighted by atomic mass is 10.00. The molecule has 1 aliphatic heterocycles. The number of benzene rings is 2. The number of nitrogens with one attached hydrogen (secondary N) is 2. The summed E-state index contributed by atoms with van der Waals surface area (Å²) in [6.07, 6.45) is 3.03. The molecule has 5 heteroatoms. The van der Waals surface area contributed by atoms with Crippen molar-refractivity contribution in [2.45, 2.75) is 19.5 Å². The third kappa shape index (κ3) is 3.24. The van der Waals surface area contributed by atoms with Crippen LogP contribution in [0.3, 0.4) is 0 Å². The molecule has 0 unspecified atom stereocenters. The number of fused-ring (bicyclic) bond motifs is 2. The van der Waals surface area contributed by atoms with E-state index in [-0.39, 0.29) is 0 Å². The number of aromatic nitrogens is 3. The highest BCUT2D eigenvalue weighted by Crippen LogP contribution is 2.23. The van der Waals surface area contributed by atoms with Crippen molar-refractivity contribution in [2.24, 2.45) is 0 Å². The number of nitrogens with zero attached hydrogens (tertiary/aromatic N) is 3. The predicted molar refractivity (Wildman–Crippen MR) is 109 cm³/mol. The second-order valence-corrected chi connectivity index (χ2v) is 6.92. The summed E-state index contributed by atoms with van der Waals surface area (Å²) in [7, 11) is 0. The van der Waals surface area contributed by atoms with Gasteiger partial charge < -0.3 is 15.2 Å². The minimum Gasteiger partial charge on any atom is -0.352 e. The summed E-state index contributed by atoms with van der Waals surface area (Å²) in [6.45, 7) is 2.64. The van der Waals surface area contributed by atoms with Crippen molar-refractivity contribution < 1.29 is 0 Å². The first-order valence-electron chi connectivity index (χ1n) is 9.30. The Hall–Kier alpha value is -3.34. The van der Waals surface area contributed by atoms with Crippen LogP contribution >= 0.6 is 0 Å². The Morgan fingerprint density at radius 3 is 2.67 bits per heavy atom. The van der Waals surface area contributed by atoms with Crippen LogP contribution in [-0.2, 0) is 19.5 Å². The van der Waals surface area contributed by atoms with Gasteiger partial charge in [0.1, 0.15) is 5.82 Å². The molecule has 0 atom stereocenters. The maximum atomic E-state index is 4.69. The van der Waals surface area contributed by atoms with Crippen molar-refractivity contribution in [2.75, 3.05) is 16.8 Å². The van der Waals surface area contributed by atoms with Gasteiger partial charge >= 0.3 is 0 Å². The zero-order valence-electron chi connectivity index (χ0n) is 15.0. The molecule has 0 saturated carbocycles. The Morgan fingerprint density at radius 1 is 0.963 bits per heavy atom. The molecule has 0 saturated heterocycles. The number of para-hydroxylation sites is 2. The molecule has 0 aliphatic carbocycles. The maximum absolute atomic E-state index is 4.69. The molecule has 0 amide bonds. The van der Waals surface area contributed by atoms with Crippen molar-refractivity contribution >= 4 is 22.8 Å². The van der Waals surface area contributed by atoms with Crippen LogP contribution in [0, 0.1) is 0 Å². The van der Waals surface area contributed by atoms with E-state index in [0.717, 1.165) is 47.9 Å². The van der Waals surface area contributed by atoms with Gasteiger partial charge in [-0.3, -0.25) is 0 Å². The highest BCUT2D eigenvalue weighted by atomic mass is 15.2. The van der Waals surface area contributed by atoms with Gasteiger partial charge in [0, 0.05) is 25.8 Å². The van der Waals surface area contributed by atoms with Crippen molar-refractivity contribution in [3.63, 3.8) is 0 Å². The largest absolute Gasteiger partial charge is 0.352 e. The number of H-pyrrole nitrogens is 1. The normalized spacial score (nSPS) is 13.6. The predicted octanol–water partition coefficient (Wildman–Crippen LogP) is 4.13. The van der Waals surface area contributed by atoms with Gasteiger partial charge in [-0.2, -0.15) is 0 Å². The van der Waals surface area contributed by atoms with Crippen LogP contribution in [0.5, 0.6) is 0 Å². The molecule has 27 heavy (non-hydrogen) atoms. The summed E-state index contributed by atoms with van der Waals surface area (Å²) in [5.41, 5.74) is 6.01. The lowest BCUT2D eigenvalue weighted by Gasteiger charge is -2.29. The molecule has 0 radical (unpaired) electrons. The van der Waals surface area contributed by atoms with Gasteiger partial charge in [0.05, 0.1) is 11.0 Å². The lowest BCUT2D eigenvalue weighted by Crippen LogP contribution is -2.30. The molecule has 3 heterocycles. The van der Waals surface area contributed by atoms with Gasteiger partial charge in [0.25, 0.3) is 0 Å². The zero-order chi connectivity index (χ0) is 18.1. The second-order valence-electron chi connectivity index (χ2n) is 6.92. The summed E-state index contributed by atoms with van der Waals surface area (Å²) in [6, 6.07) is 21.0. The molecule has 0 fully saturated rings. The minimum atomic E-state index is 0.690. The Bertz CT molecular complexity index is 1030. The van der Waals surface area contributed by atoms with Crippen LogP contribution in [0.2, 0.25) is 0 Å². The maximum Gasteiger partial charge on any atom is 0.201 e. The molecule has 1 aliphatic rings. The molecule has 5 nitrogen and oxygen atoms in total. The number of rotatable bonds is 4. The zero-order valence-corrected chi connectivity index (χ0v) is 15.0. The van der Waals surface area contributed by atoms with Gasteiger partial charge in [-0.15, -0.1) is 0 Å². The van der Waals surface area contributed by atoms with E-state index in [1.807, 2.05) is 30.5 Å². The monoisotopic (exact) mass is 355 g/mol. The molecular weight excluding hydrogens is 334 g/mol. The van der Waals surface area contributed by atoms with Gasteiger partial charge in [0.2, 0.25) is 5.95 Å². The van der Waals surface area contributed by atoms with Crippen LogP contribution in [0.4, 0.5) is 11.8 Å². The molecule has 134 valence electrons. The van der Waals surface area contributed by atoms with Crippen molar-refractivity contribution in [1.82, 2.24) is 15.0 Å². The summed E-state index contributed by atoms with van der Waals surface area (Å²) in [5.74, 6) is 1.82. The summed E-state index contributed by atoms with van der Waals surface area (Å²) >= 11 is 0. The van der Waals surface area contributed by atoms with Gasteiger partial charge in [-0.25, -0.2) is 9.97 Å². The quantitative estimate of drug-likeness (QED) is 0.578. The molecule has 4 aromatic rings. The van der Waals surface area contributed by atoms with E-state index < -0.39 is 0 Å². The van der Waals surface area contributed by atoms with E-state index in [1.165, 1.54) is 11.1 Å². The highest BCUT2D eigenvalue weighted by molar-refractivity contribution is 5.77. The molecular formula is C22H21N5. The first kappa shape index (κ1) is 15.9. The smallest absolute Gasteiger partial charge is 0.201 e.